The van der Waals surface area contributed by atoms with E-state index in [0.29, 0.717) is 5.82 Å². The number of hydrogen-bond donors (Lipinski definition) is 1. The number of carbonyl (C=O) groups excluding carboxylic acids is 2. The summed E-state index contributed by atoms with van der Waals surface area (Å²) < 4.78 is 4.67. The Bertz CT molecular complexity index is 601. The zero-order chi connectivity index (χ0) is 15.1. The monoisotopic (exact) mass is 289 g/mol. The van der Waals surface area contributed by atoms with Gasteiger partial charge >= 0.3 is 0 Å². The molecule has 2 aliphatic rings. The molecule has 1 N–H and O–H groups in total. The van der Waals surface area contributed by atoms with Crippen molar-refractivity contribution < 1.29 is 19.2 Å². The number of aromatic nitrogens is 1. The van der Waals surface area contributed by atoms with Gasteiger partial charge in [0, 0.05) is 18.0 Å². The average Bonchev–Trinajstić information content (AvgIpc) is 3.11. The quantitative estimate of drug-likeness (QED) is 0.837. The lowest BCUT2D eigenvalue weighted by Crippen LogP contribution is -2.44. The van der Waals surface area contributed by atoms with Crippen molar-refractivity contribution in [3.05, 3.63) is 23.5 Å². The van der Waals surface area contributed by atoms with Gasteiger partial charge in [-0.3, -0.25) is 4.79 Å². The van der Waals surface area contributed by atoms with E-state index in [1.54, 1.807) is 0 Å². The summed E-state index contributed by atoms with van der Waals surface area (Å²) in [4.78, 5) is 24.0. The fourth-order valence-corrected chi connectivity index (χ4v) is 4.08. The summed E-state index contributed by atoms with van der Waals surface area (Å²) in [6, 6.07) is 1.53. The van der Waals surface area contributed by atoms with Crippen LogP contribution in [0.3, 0.4) is 0 Å². The number of carboxylic acids is 1. The average molecular weight is 289 g/mol. The molecule has 1 amide bonds. The Kier molecular flexibility index (Phi) is 3.31. The van der Waals surface area contributed by atoms with Gasteiger partial charge in [-0.25, -0.2) is 0 Å². The van der Waals surface area contributed by atoms with Crippen molar-refractivity contribution in [1.29, 1.82) is 0 Å². The van der Waals surface area contributed by atoms with Gasteiger partial charge in [-0.1, -0.05) is 16.3 Å². The standard InChI is InChI=1S/C15H18N2O4/c1-7(2)11-8-3-4-9(11)13(15(19)20)12(8)14(18)16-10-5-6-21-17-10/h5-6,8-9,12-13H,3-4H2,1-2H3,(H,19,20)(H,16,17,18)/p-1/t8-,9+,12-,13+/m1/s1. The molecule has 0 aromatic carbocycles. The Morgan fingerprint density at radius 2 is 1.95 bits per heavy atom. The maximum atomic E-state index is 12.5. The van der Waals surface area contributed by atoms with Crippen LogP contribution in [0.25, 0.3) is 0 Å². The van der Waals surface area contributed by atoms with Crippen molar-refractivity contribution in [3.8, 4) is 0 Å². The highest BCUT2D eigenvalue weighted by molar-refractivity contribution is 5.95. The third kappa shape index (κ3) is 2.14. The molecule has 6 nitrogen and oxygen atoms in total. The minimum absolute atomic E-state index is 0.00481. The fraction of sp³-hybridized carbons (Fsp3) is 0.533. The van der Waals surface area contributed by atoms with Gasteiger partial charge in [0.2, 0.25) is 5.91 Å². The van der Waals surface area contributed by atoms with Gasteiger partial charge in [0.25, 0.3) is 0 Å². The van der Waals surface area contributed by atoms with E-state index in [4.69, 9.17) is 0 Å². The molecule has 2 aliphatic carbocycles. The van der Waals surface area contributed by atoms with E-state index in [1.807, 2.05) is 13.8 Å². The van der Waals surface area contributed by atoms with Crippen LogP contribution in [0.5, 0.6) is 0 Å². The van der Waals surface area contributed by atoms with Crippen molar-refractivity contribution in [2.24, 2.45) is 23.7 Å². The number of amides is 1. The van der Waals surface area contributed by atoms with Gasteiger partial charge in [0.1, 0.15) is 6.26 Å². The molecule has 3 rings (SSSR count). The minimum Gasteiger partial charge on any atom is -0.550 e. The molecular weight excluding hydrogens is 272 g/mol. The number of aliphatic carboxylic acids is 1. The first-order valence-electron chi connectivity index (χ1n) is 7.10. The number of carbonyl (C=O) groups is 2. The summed E-state index contributed by atoms with van der Waals surface area (Å²) >= 11 is 0. The first kappa shape index (κ1) is 13.9. The van der Waals surface area contributed by atoms with Crippen LogP contribution in [-0.2, 0) is 9.59 Å². The second-order valence-electron chi connectivity index (χ2n) is 5.99. The maximum absolute atomic E-state index is 12.5. The first-order chi connectivity index (χ1) is 10.0. The number of nitrogens with zero attached hydrogens (tertiary/aromatic N) is 1. The molecule has 1 aromatic rings. The lowest BCUT2D eigenvalue weighted by Gasteiger charge is -2.29. The predicted molar refractivity (Wildman–Crippen MR) is 71.7 cm³/mol. The van der Waals surface area contributed by atoms with Crippen molar-refractivity contribution in [3.63, 3.8) is 0 Å². The SMILES string of the molecule is CC(C)=C1[C@H]2CC[C@@H]1[C@H](C(=O)[O-])[C@@H]2C(=O)Nc1ccon1. The first-order valence-corrected chi connectivity index (χ1v) is 7.10. The topological polar surface area (TPSA) is 95.3 Å². The Morgan fingerprint density at radius 3 is 2.48 bits per heavy atom. The predicted octanol–water partition coefficient (Wildman–Crippen LogP) is 0.972. The third-order valence-corrected chi connectivity index (χ3v) is 4.68. The number of allylic oxidation sites excluding steroid dienone is 2. The van der Waals surface area contributed by atoms with E-state index in [-0.39, 0.29) is 17.7 Å². The molecule has 0 saturated heterocycles. The van der Waals surface area contributed by atoms with Gasteiger partial charge in [-0.2, -0.15) is 0 Å². The van der Waals surface area contributed by atoms with Crippen molar-refractivity contribution in [2.75, 3.05) is 5.32 Å². The van der Waals surface area contributed by atoms with E-state index in [1.165, 1.54) is 12.3 Å². The second-order valence-corrected chi connectivity index (χ2v) is 5.99. The Morgan fingerprint density at radius 1 is 1.29 bits per heavy atom. The van der Waals surface area contributed by atoms with Crippen LogP contribution in [0.2, 0.25) is 0 Å². The molecule has 2 saturated carbocycles. The molecule has 4 atom stereocenters. The zero-order valence-corrected chi connectivity index (χ0v) is 12.0. The highest BCUT2D eigenvalue weighted by Gasteiger charge is 2.54. The number of fused-ring (bicyclic) bond motifs is 2. The van der Waals surface area contributed by atoms with Gasteiger partial charge in [-0.15, -0.1) is 0 Å². The number of hydrogen-bond acceptors (Lipinski definition) is 5. The third-order valence-electron chi connectivity index (χ3n) is 4.68. The minimum atomic E-state index is -1.14. The maximum Gasteiger partial charge on any atom is 0.230 e. The normalized spacial score (nSPS) is 30.5. The summed E-state index contributed by atoms with van der Waals surface area (Å²) in [6.45, 7) is 3.95. The molecule has 112 valence electrons. The number of carboxylic acid groups (broad SMARTS) is 1. The molecule has 0 unspecified atom stereocenters. The van der Waals surface area contributed by atoms with E-state index < -0.39 is 17.8 Å². The summed E-state index contributed by atoms with van der Waals surface area (Å²) in [7, 11) is 0. The summed E-state index contributed by atoms with van der Waals surface area (Å²) in [5, 5.41) is 17.8. The van der Waals surface area contributed by atoms with Gasteiger partial charge in [0.15, 0.2) is 5.82 Å². The Balaban J connectivity index is 1.91. The number of anilines is 1. The summed E-state index contributed by atoms with van der Waals surface area (Å²) in [6.07, 6.45) is 3.03. The fourth-order valence-electron chi connectivity index (χ4n) is 4.08. The molecule has 1 heterocycles. The molecule has 2 bridgehead atoms. The van der Waals surface area contributed by atoms with Crippen molar-refractivity contribution in [1.82, 2.24) is 5.16 Å². The largest absolute Gasteiger partial charge is 0.550 e. The molecular formula is C15H17N2O4-. The van der Waals surface area contributed by atoms with E-state index >= 15 is 0 Å². The molecule has 1 aromatic heterocycles. The van der Waals surface area contributed by atoms with Crippen LogP contribution in [0, 0.1) is 23.7 Å². The highest BCUT2D eigenvalue weighted by Crippen LogP contribution is 2.57. The molecule has 0 aliphatic heterocycles. The van der Waals surface area contributed by atoms with E-state index in [2.05, 4.69) is 15.0 Å². The van der Waals surface area contributed by atoms with Gasteiger partial charge in [0.05, 0.1) is 5.92 Å². The van der Waals surface area contributed by atoms with Gasteiger partial charge < -0.3 is 19.7 Å². The molecule has 21 heavy (non-hydrogen) atoms. The second kappa shape index (κ2) is 5.02. The lowest BCUT2D eigenvalue weighted by molar-refractivity contribution is -0.314. The lowest BCUT2D eigenvalue weighted by atomic mass is 9.79. The molecule has 0 radical (unpaired) electrons. The smallest absolute Gasteiger partial charge is 0.230 e. The summed E-state index contributed by atoms with van der Waals surface area (Å²) in [5.41, 5.74) is 2.25. The van der Waals surface area contributed by atoms with Crippen LogP contribution in [0.1, 0.15) is 26.7 Å². The van der Waals surface area contributed by atoms with Crippen LogP contribution < -0.4 is 10.4 Å². The number of rotatable bonds is 3. The van der Waals surface area contributed by atoms with Crippen molar-refractivity contribution >= 4 is 17.7 Å². The van der Waals surface area contributed by atoms with E-state index in [0.717, 1.165) is 24.0 Å². The van der Waals surface area contributed by atoms with Gasteiger partial charge in [-0.05, 0) is 38.5 Å². The van der Waals surface area contributed by atoms with E-state index in [9.17, 15) is 14.7 Å². The van der Waals surface area contributed by atoms with Crippen LogP contribution in [0.15, 0.2) is 28.0 Å². The molecule has 0 spiro atoms. The van der Waals surface area contributed by atoms with Crippen molar-refractivity contribution in [2.45, 2.75) is 26.7 Å². The summed E-state index contributed by atoms with van der Waals surface area (Å²) in [5.74, 6) is -2.56. The molecule has 2 fully saturated rings. The zero-order valence-electron chi connectivity index (χ0n) is 12.0. The number of nitrogens with one attached hydrogen (secondary N) is 1. The Hall–Kier alpha value is -2.11. The van der Waals surface area contributed by atoms with Crippen LogP contribution in [-0.4, -0.2) is 17.0 Å². The van der Waals surface area contributed by atoms with Crippen LogP contribution in [0.4, 0.5) is 5.82 Å². The highest BCUT2D eigenvalue weighted by atomic mass is 16.5. The Labute approximate surface area is 122 Å². The van der Waals surface area contributed by atoms with Crippen LogP contribution >= 0.6 is 0 Å². The molecule has 6 heteroatoms.